The van der Waals surface area contributed by atoms with Gasteiger partial charge in [0.05, 0.1) is 0 Å². The van der Waals surface area contributed by atoms with Gasteiger partial charge < -0.3 is 21.3 Å². The third kappa shape index (κ3) is 3.38. The van der Waals surface area contributed by atoms with E-state index in [2.05, 4.69) is 5.32 Å². The van der Waals surface area contributed by atoms with Gasteiger partial charge in [-0.05, 0) is 26.0 Å². The number of rotatable bonds is 4. The fourth-order valence-corrected chi connectivity index (χ4v) is 1.61. The summed E-state index contributed by atoms with van der Waals surface area (Å²) in [5.41, 5.74) is 3.97. The van der Waals surface area contributed by atoms with Gasteiger partial charge in [-0.3, -0.25) is 9.59 Å². The highest BCUT2D eigenvalue weighted by atomic mass is 16.3. The SMILES string of the molecule is CC(C)(CC(N)=O)NC(=O)c1c(O)cccc1O. The topological polar surface area (TPSA) is 113 Å². The first-order valence-corrected chi connectivity index (χ1v) is 5.35. The Morgan fingerprint density at radius 3 is 2.22 bits per heavy atom. The van der Waals surface area contributed by atoms with Crippen molar-refractivity contribution >= 4 is 11.8 Å². The van der Waals surface area contributed by atoms with Crippen molar-refractivity contribution in [3.63, 3.8) is 0 Å². The number of nitrogens with two attached hydrogens (primary N) is 1. The van der Waals surface area contributed by atoms with Gasteiger partial charge in [-0.1, -0.05) is 6.07 Å². The smallest absolute Gasteiger partial charge is 0.259 e. The van der Waals surface area contributed by atoms with Crippen LogP contribution in [0.4, 0.5) is 0 Å². The Kier molecular flexibility index (Phi) is 3.80. The monoisotopic (exact) mass is 252 g/mol. The fourth-order valence-electron chi connectivity index (χ4n) is 1.61. The highest BCUT2D eigenvalue weighted by Gasteiger charge is 2.26. The zero-order chi connectivity index (χ0) is 13.9. The molecule has 0 fully saturated rings. The van der Waals surface area contributed by atoms with Gasteiger partial charge in [-0.15, -0.1) is 0 Å². The molecule has 0 saturated carbocycles. The number of hydrogen-bond donors (Lipinski definition) is 4. The summed E-state index contributed by atoms with van der Waals surface area (Å²) < 4.78 is 0. The van der Waals surface area contributed by atoms with E-state index in [-0.39, 0.29) is 23.5 Å². The van der Waals surface area contributed by atoms with Gasteiger partial charge in [0.25, 0.3) is 5.91 Å². The molecular weight excluding hydrogens is 236 g/mol. The van der Waals surface area contributed by atoms with E-state index in [9.17, 15) is 19.8 Å². The summed E-state index contributed by atoms with van der Waals surface area (Å²) in [7, 11) is 0. The maximum Gasteiger partial charge on any atom is 0.259 e. The van der Waals surface area contributed by atoms with Gasteiger partial charge in [0.2, 0.25) is 5.91 Å². The van der Waals surface area contributed by atoms with Crippen molar-refractivity contribution in [3.8, 4) is 11.5 Å². The summed E-state index contributed by atoms with van der Waals surface area (Å²) >= 11 is 0. The molecule has 98 valence electrons. The van der Waals surface area contributed by atoms with Gasteiger partial charge >= 0.3 is 0 Å². The average Bonchev–Trinajstić information content (AvgIpc) is 2.13. The standard InChI is InChI=1S/C12H16N2O4/c1-12(2,6-9(13)17)14-11(18)10-7(15)4-3-5-8(10)16/h3-5,15-16H,6H2,1-2H3,(H2,13,17)(H,14,18). The van der Waals surface area contributed by atoms with Crippen LogP contribution in [0.5, 0.6) is 11.5 Å². The van der Waals surface area contributed by atoms with Crippen molar-refractivity contribution in [1.29, 1.82) is 0 Å². The van der Waals surface area contributed by atoms with Crippen molar-refractivity contribution < 1.29 is 19.8 Å². The maximum atomic E-state index is 11.9. The Morgan fingerprint density at radius 2 is 1.78 bits per heavy atom. The molecule has 0 saturated heterocycles. The van der Waals surface area contributed by atoms with E-state index in [4.69, 9.17) is 5.73 Å². The molecule has 5 N–H and O–H groups in total. The van der Waals surface area contributed by atoms with Crippen LogP contribution in [-0.4, -0.2) is 27.6 Å². The van der Waals surface area contributed by atoms with Crippen molar-refractivity contribution in [2.75, 3.05) is 0 Å². The van der Waals surface area contributed by atoms with Gasteiger partial charge in [0.15, 0.2) is 0 Å². The zero-order valence-corrected chi connectivity index (χ0v) is 10.2. The Hall–Kier alpha value is -2.24. The Bertz CT molecular complexity index is 463. The molecule has 0 bridgehead atoms. The molecule has 6 nitrogen and oxygen atoms in total. The van der Waals surface area contributed by atoms with E-state index in [0.717, 1.165) is 0 Å². The predicted molar refractivity (Wildman–Crippen MR) is 65.1 cm³/mol. The third-order valence-electron chi connectivity index (χ3n) is 2.32. The summed E-state index contributed by atoms with van der Waals surface area (Å²) in [6, 6.07) is 3.99. The molecule has 1 rings (SSSR count). The number of hydrogen-bond acceptors (Lipinski definition) is 4. The molecule has 18 heavy (non-hydrogen) atoms. The number of primary amides is 1. The second-order valence-electron chi connectivity index (χ2n) is 4.65. The van der Waals surface area contributed by atoms with Gasteiger partial charge in [-0.25, -0.2) is 0 Å². The van der Waals surface area contributed by atoms with Gasteiger partial charge in [0, 0.05) is 12.0 Å². The molecule has 0 atom stereocenters. The van der Waals surface area contributed by atoms with E-state index in [0.29, 0.717) is 0 Å². The van der Waals surface area contributed by atoms with E-state index >= 15 is 0 Å². The Balaban J connectivity index is 2.92. The average molecular weight is 252 g/mol. The minimum atomic E-state index is -0.863. The number of benzene rings is 1. The van der Waals surface area contributed by atoms with E-state index < -0.39 is 17.4 Å². The molecule has 0 radical (unpaired) electrons. The van der Waals surface area contributed by atoms with E-state index in [1.54, 1.807) is 13.8 Å². The van der Waals surface area contributed by atoms with Gasteiger partial charge in [0.1, 0.15) is 17.1 Å². The summed E-state index contributed by atoms with van der Waals surface area (Å²) in [6.07, 6.45) is -0.0485. The lowest BCUT2D eigenvalue weighted by Gasteiger charge is -2.25. The normalized spacial score (nSPS) is 11.0. The summed E-state index contributed by atoms with van der Waals surface area (Å²) in [5, 5.41) is 21.6. The number of carbonyl (C=O) groups is 2. The molecule has 0 heterocycles. The number of carbonyl (C=O) groups excluding carboxylic acids is 2. The molecule has 1 aromatic rings. The molecule has 0 spiro atoms. The van der Waals surface area contributed by atoms with E-state index in [1.807, 2.05) is 0 Å². The number of aromatic hydroxyl groups is 2. The number of phenolic OH excluding ortho intramolecular Hbond substituents is 2. The molecule has 0 aliphatic carbocycles. The summed E-state index contributed by atoms with van der Waals surface area (Å²) in [4.78, 5) is 22.7. The van der Waals surface area contributed by atoms with Crippen LogP contribution >= 0.6 is 0 Å². The van der Waals surface area contributed by atoms with Crippen LogP contribution in [0, 0.1) is 0 Å². The molecule has 0 aliphatic heterocycles. The second-order valence-corrected chi connectivity index (χ2v) is 4.65. The van der Waals surface area contributed by atoms with Crippen LogP contribution in [0.15, 0.2) is 18.2 Å². The Labute approximate surface area is 104 Å². The molecule has 1 aromatic carbocycles. The minimum Gasteiger partial charge on any atom is -0.507 e. The van der Waals surface area contributed by atoms with Crippen LogP contribution in [0.25, 0.3) is 0 Å². The third-order valence-corrected chi connectivity index (χ3v) is 2.32. The van der Waals surface area contributed by atoms with Crippen LogP contribution in [-0.2, 0) is 4.79 Å². The molecule has 0 aliphatic rings. The first-order valence-electron chi connectivity index (χ1n) is 5.35. The van der Waals surface area contributed by atoms with E-state index in [1.165, 1.54) is 18.2 Å². The highest BCUT2D eigenvalue weighted by Crippen LogP contribution is 2.26. The second kappa shape index (κ2) is 4.95. The number of nitrogens with one attached hydrogen (secondary N) is 1. The largest absolute Gasteiger partial charge is 0.507 e. The predicted octanol–water partition coefficient (Wildman–Crippen LogP) is 0.482. The minimum absolute atomic E-state index is 0.0485. The molecular formula is C12H16N2O4. The van der Waals surface area contributed by atoms with Crippen LogP contribution in [0.1, 0.15) is 30.6 Å². The van der Waals surface area contributed by atoms with Crippen molar-refractivity contribution in [2.24, 2.45) is 5.73 Å². The number of phenols is 2. The lowest BCUT2D eigenvalue weighted by molar-refractivity contribution is -0.119. The van der Waals surface area contributed by atoms with Gasteiger partial charge in [-0.2, -0.15) is 0 Å². The van der Waals surface area contributed by atoms with Crippen LogP contribution in [0.3, 0.4) is 0 Å². The zero-order valence-electron chi connectivity index (χ0n) is 10.2. The highest BCUT2D eigenvalue weighted by molar-refractivity contribution is 6.00. The lowest BCUT2D eigenvalue weighted by atomic mass is 9.99. The van der Waals surface area contributed by atoms with Crippen LogP contribution < -0.4 is 11.1 Å². The first kappa shape index (κ1) is 13.8. The lowest BCUT2D eigenvalue weighted by Crippen LogP contribution is -2.46. The summed E-state index contributed by atoms with van der Waals surface area (Å²) in [5.74, 6) is -1.89. The molecule has 6 heteroatoms. The fraction of sp³-hybridized carbons (Fsp3) is 0.333. The summed E-state index contributed by atoms with van der Waals surface area (Å²) in [6.45, 7) is 3.24. The van der Waals surface area contributed by atoms with Crippen molar-refractivity contribution in [1.82, 2.24) is 5.32 Å². The van der Waals surface area contributed by atoms with Crippen molar-refractivity contribution in [2.45, 2.75) is 25.8 Å². The quantitative estimate of drug-likeness (QED) is 0.624. The molecule has 0 aromatic heterocycles. The first-order chi connectivity index (χ1) is 8.23. The molecule has 0 unspecified atom stereocenters. The maximum absolute atomic E-state index is 11.9. The van der Waals surface area contributed by atoms with Crippen LogP contribution in [0.2, 0.25) is 0 Å². The molecule has 2 amide bonds. The number of amides is 2. The van der Waals surface area contributed by atoms with Crippen molar-refractivity contribution in [3.05, 3.63) is 23.8 Å². The Morgan fingerprint density at radius 1 is 1.28 bits per heavy atom.